The molecule has 27 heavy (non-hydrogen) atoms. The molecule has 1 aromatic heterocycles. The molecule has 7 nitrogen and oxygen atoms in total. The molecule has 148 valence electrons. The van der Waals surface area contributed by atoms with Crippen LogP contribution in [0.2, 0.25) is 0 Å². The van der Waals surface area contributed by atoms with E-state index in [9.17, 15) is 4.79 Å². The second-order valence-electron chi connectivity index (χ2n) is 8.45. The Kier molecular flexibility index (Phi) is 5.21. The largest absolute Gasteiger partial charge is 0.379 e. The van der Waals surface area contributed by atoms with Gasteiger partial charge in [-0.1, -0.05) is 0 Å². The summed E-state index contributed by atoms with van der Waals surface area (Å²) in [6.45, 7) is 2.82. The number of primary amides is 1. The van der Waals surface area contributed by atoms with Crippen LogP contribution in [0.5, 0.6) is 0 Å². The number of anilines is 2. The number of carbonyl (C=O) groups excluding carboxylic acids is 1. The van der Waals surface area contributed by atoms with Crippen molar-refractivity contribution in [2.75, 3.05) is 17.2 Å². The van der Waals surface area contributed by atoms with E-state index >= 15 is 0 Å². The Bertz CT molecular complexity index is 679. The summed E-state index contributed by atoms with van der Waals surface area (Å²) < 4.78 is 5.72. The van der Waals surface area contributed by atoms with Gasteiger partial charge in [-0.25, -0.2) is 4.98 Å². The third-order valence-corrected chi connectivity index (χ3v) is 6.59. The number of aromatic nitrogens is 2. The highest BCUT2D eigenvalue weighted by Crippen LogP contribution is 2.49. The number of nitrogens with zero attached hydrogens (tertiary/aromatic N) is 2. The summed E-state index contributed by atoms with van der Waals surface area (Å²) in [6, 6.07) is 0.342. The Balaban J connectivity index is 1.45. The van der Waals surface area contributed by atoms with Gasteiger partial charge in [-0.15, -0.1) is 0 Å². The lowest BCUT2D eigenvalue weighted by atomic mass is 9.93. The van der Waals surface area contributed by atoms with Gasteiger partial charge in [0.25, 0.3) is 5.91 Å². The van der Waals surface area contributed by atoms with E-state index in [4.69, 9.17) is 10.5 Å². The molecular weight excluding hydrogens is 342 g/mol. The van der Waals surface area contributed by atoms with Gasteiger partial charge in [-0.3, -0.25) is 4.79 Å². The van der Waals surface area contributed by atoms with E-state index in [0.29, 0.717) is 29.5 Å². The summed E-state index contributed by atoms with van der Waals surface area (Å²) in [5.74, 6) is 1.50. The minimum absolute atomic E-state index is 0.0794. The van der Waals surface area contributed by atoms with Gasteiger partial charge in [0.1, 0.15) is 5.82 Å². The molecule has 0 spiro atoms. The van der Waals surface area contributed by atoms with Gasteiger partial charge in [0.15, 0.2) is 0 Å². The van der Waals surface area contributed by atoms with Crippen LogP contribution in [0.15, 0.2) is 6.20 Å². The topological polar surface area (TPSA) is 102 Å². The van der Waals surface area contributed by atoms with Crippen molar-refractivity contribution in [3.63, 3.8) is 0 Å². The van der Waals surface area contributed by atoms with Crippen LogP contribution in [-0.2, 0) is 4.74 Å². The zero-order valence-corrected chi connectivity index (χ0v) is 16.2. The zero-order chi connectivity index (χ0) is 18.9. The zero-order valence-electron chi connectivity index (χ0n) is 16.2. The van der Waals surface area contributed by atoms with Gasteiger partial charge in [-0.2, -0.15) is 4.98 Å². The van der Waals surface area contributed by atoms with Crippen LogP contribution in [0.1, 0.15) is 75.1 Å². The van der Waals surface area contributed by atoms with Gasteiger partial charge in [0.05, 0.1) is 11.7 Å². The van der Waals surface area contributed by atoms with E-state index in [2.05, 4.69) is 20.6 Å². The van der Waals surface area contributed by atoms with E-state index in [1.807, 2.05) is 6.92 Å². The molecule has 0 atom stereocenters. The molecule has 0 unspecified atom stereocenters. The number of nitrogens with two attached hydrogens (primary N) is 1. The summed E-state index contributed by atoms with van der Waals surface area (Å²) in [4.78, 5) is 20.9. The number of hydrogen-bond donors (Lipinski definition) is 3. The van der Waals surface area contributed by atoms with Gasteiger partial charge < -0.3 is 21.1 Å². The van der Waals surface area contributed by atoms with E-state index in [1.165, 1.54) is 19.3 Å². The van der Waals surface area contributed by atoms with Gasteiger partial charge in [0.2, 0.25) is 5.95 Å². The quantitative estimate of drug-likeness (QED) is 0.679. The fourth-order valence-corrected chi connectivity index (χ4v) is 5.14. The maximum absolute atomic E-state index is 11.9. The van der Waals surface area contributed by atoms with Crippen LogP contribution in [0, 0.1) is 5.92 Å². The molecule has 3 saturated carbocycles. The van der Waals surface area contributed by atoms with Gasteiger partial charge >= 0.3 is 0 Å². The highest BCUT2D eigenvalue weighted by Gasteiger charge is 2.45. The Morgan fingerprint density at radius 1 is 1.26 bits per heavy atom. The number of hydrogen-bond acceptors (Lipinski definition) is 6. The molecule has 1 aromatic rings. The summed E-state index contributed by atoms with van der Waals surface area (Å²) in [6.07, 6.45) is 12.1. The number of amides is 1. The van der Waals surface area contributed by atoms with Crippen LogP contribution >= 0.6 is 0 Å². The van der Waals surface area contributed by atoms with Crippen molar-refractivity contribution in [2.45, 2.75) is 82.4 Å². The van der Waals surface area contributed by atoms with Crippen LogP contribution < -0.4 is 16.4 Å². The molecule has 0 radical (unpaired) electrons. The molecule has 2 bridgehead atoms. The van der Waals surface area contributed by atoms with Crippen LogP contribution in [0.4, 0.5) is 11.8 Å². The minimum atomic E-state index is -0.481. The summed E-state index contributed by atoms with van der Waals surface area (Å²) in [5, 5.41) is 7.03. The maximum Gasteiger partial charge on any atom is 0.254 e. The van der Waals surface area contributed by atoms with E-state index in [1.54, 1.807) is 6.20 Å². The van der Waals surface area contributed by atoms with Crippen molar-refractivity contribution >= 4 is 17.7 Å². The number of rotatable bonds is 7. The van der Waals surface area contributed by atoms with Crippen LogP contribution in [0.3, 0.4) is 0 Å². The lowest BCUT2D eigenvalue weighted by Crippen LogP contribution is -2.35. The molecule has 4 N–H and O–H groups in total. The number of fused-ring (bicyclic) bond motifs is 2. The smallest absolute Gasteiger partial charge is 0.254 e. The SMILES string of the molecule is CCOC1CCC(Nc2ncc(C(N)=O)c(NC34CCC(CC3)C4)n2)CC1. The molecule has 0 aromatic carbocycles. The van der Waals surface area contributed by atoms with E-state index in [0.717, 1.165) is 51.0 Å². The molecule has 7 heteroatoms. The van der Waals surface area contributed by atoms with Crippen LogP contribution in [0.25, 0.3) is 0 Å². The molecule has 3 aliphatic carbocycles. The second kappa shape index (κ2) is 7.62. The number of nitrogens with one attached hydrogen (secondary N) is 2. The Hall–Kier alpha value is -1.89. The lowest BCUT2D eigenvalue weighted by molar-refractivity contribution is 0.0346. The predicted molar refractivity (Wildman–Crippen MR) is 105 cm³/mol. The first-order valence-corrected chi connectivity index (χ1v) is 10.4. The molecule has 0 saturated heterocycles. The summed E-state index contributed by atoms with van der Waals surface area (Å²) in [5.41, 5.74) is 6.03. The second-order valence-corrected chi connectivity index (χ2v) is 8.45. The standard InChI is InChI=1S/C20H31N5O2/c1-2-27-15-5-3-14(4-6-15)23-19-22-12-16(17(21)26)18(24-19)25-20-9-7-13(11-20)8-10-20/h12-15H,2-11H2,1H3,(H2,21,26)(H2,22,23,24,25). The predicted octanol–water partition coefficient (Wildman–Crippen LogP) is 3.08. The van der Waals surface area contributed by atoms with E-state index < -0.39 is 5.91 Å². The van der Waals surface area contributed by atoms with Crippen molar-refractivity contribution in [1.82, 2.24) is 9.97 Å². The normalized spacial score (nSPS) is 32.4. The highest BCUT2D eigenvalue weighted by molar-refractivity contribution is 5.97. The average molecular weight is 374 g/mol. The van der Waals surface area contributed by atoms with Crippen LogP contribution in [-0.4, -0.2) is 40.2 Å². The summed E-state index contributed by atoms with van der Waals surface area (Å²) in [7, 11) is 0. The van der Waals surface area contributed by atoms with Gasteiger partial charge in [0, 0.05) is 24.4 Å². The third kappa shape index (κ3) is 4.03. The molecule has 4 rings (SSSR count). The molecule has 3 fully saturated rings. The fraction of sp³-hybridized carbons (Fsp3) is 0.750. The monoisotopic (exact) mass is 373 g/mol. The Labute approximate surface area is 160 Å². The van der Waals surface area contributed by atoms with E-state index in [-0.39, 0.29) is 5.54 Å². The lowest BCUT2D eigenvalue weighted by Gasteiger charge is -2.30. The van der Waals surface area contributed by atoms with Crippen molar-refractivity contribution in [1.29, 1.82) is 0 Å². The molecule has 0 aliphatic heterocycles. The molecule has 1 amide bonds. The van der Waals surface area contributed by atoms with Crippen molar-refractivity contribution in [3.05, 3.63) is 11.8 Å². The molecular formula is C20H31N5O2. The Morgan fingerprint density at radius 2 is 2.00 bits per heavy atom. The average Bonchev–Trinajstić information content (AvgIpc) is 3.24. The Morgan fingerprint density at radius 3 is 2.59 bits per heavy atom. The number of carbonyl (C=O) groups is 1. The first-order chi connectivity index (χ1) is 13.1. The first-order valence-electron chi connectivity index (χ1n) is 10.4. The van der Waals surface area contributed by atoms with Crippen molar-refractivity contribution in [3.8, 4) is 0 Å². The summed E-state index contributed by atoms with van der Waals surface area (Å²) >= 11 is 0. The van der Waals surface area contributed by atoms with Crippen molar-refractivity contribution in [2.24, 2.45) is 11.7 Å². The number of ether oxygens (including phenoxy) is 1. The fourth-order valence-electron chi connectivity index (χ4n) is 5.14. The first kappa shape index (κ1) is 18.5. The highest BCUT2D eigenvalue weighted by atomic mass is 16.5. The third-order valence-electron chi connectivity index (χ3n) is 6.59. The molecule has 1 heterocycles. The molecule has 3 aliphatic rings. The minimum Gasteiger partial charge on any atom is -0.379 e. The maximum atomic E-state index is 11.9. The van der Waals surface area contributed by atoms with Gasteiger partial charge in [-0.05, 0) is 70.6 Å². The van der Waals surface area contributed by atoms with Crippen molar-refractivity contribution < 1.29 is 9.53 Å².